The van der Waals surface area contributed by atoms with Gasteiger partial charge in [0.2, 0.25) is 29.5 Å². The number of amides is 6. The van der Waals surface area contributed by atoms with Crippen molar-refractivity contribution in [1.82, 2.24) is 31.1 Å². The number of fused-ring (bicyclic) bond motifs is 2. The SMILES string of the molecule is CC[C@@H](C)C1C(=O)N(C)[C@@H](Cc2ccccc2)C(=O)N[C@H](C(C)C)C(=O)O[C@@H](C)[C@H](NC(=O)C(O)COS(=O)(=O)O)C(=O)N[C@@H](CCCN=C(N)N)C(=O)N[C@H]2CC[C@@H](O)N1C2=O. The van der Waals surface area contributed by atoms with Crippen LogP contribution in [0.4, 0.5) is 0 Å². The van der Waals surface area contributed by atoms with Crippen LogP contribution in [0.15, 0.2) is 35.3 Å². The summed E-state index contributed by atoms with van der Waals surface area (Å²) < 4.78 is 40.9. The maximum atomic E-state index is 14.7. The van der Waals surface area contributed by atoms with Crippen LogP contribution in [0, 0.1) is 11.8 Å². The molecule has 352 valence electrons. The summed E-state index contributed by atoms with van der Waals surface area (Å²) in [7, 11) is -3.75. The van der Waals surface area contributed by atoms with E-state index in [0.29, 0.717) is 12.0 Å². The molecule has 0 aromatic heterocycles. The van der Waals surface area contributed by atoms with Crippen LogP contribution in [0.3, 0.4) is 0 Å². The Morgan fingerprint density at radius 1 is 1.00 bits per heavy atom. The van der Waals surface area contributed by atoms with E-state index in [9.17, 15) is 52.2 Å². The molecule has 0 spiro atoms. The zero-order valence-corrected chi connectivity index (χ0v) is 36.9. The number of carbonyl (C=O) groups is 7. The molecule has 1 aromatic carbocycles. The van der Waals surface area contributed by atoms with E-state index < -0.39 is 125 Å². The molecule has 10 atom stereocenters. The number of hydrogen-bond donors (Lipinski definition) is 9. The zero-order valence-electron chi connectivity index (χ0n) is 36.1. The van der Waals surface area contributed by atoms with Crippen LogP contribution in [0.5, 0.6) is 0 Å². The van der Waals surface area contributed by atoms with Crippen molar-refractivity contribution >= 4 is 57.8 Å². The van der Waals surface area contributed by atoms with E-state index in [0.717, 1.165) is 9.80 Å². The number of esters is 1. The Labute approximate surface area is 366 Å². The molecule has 2 heterocycles. The molecule has 0 radical (unpaired) electrons. The Hall–Kier alpha value is -5.43. The van der Waals surface area contributed by atoms with Gasteiger partial charge in [-0.25, -0.2) is 8.98 Å². The highest BCUT2D eigenvalue weighted by atomic mass is 32.3. The lowest BCUT2D eigenvalue weighted by atomic mass is 9.91. The van der Waals surface area contributed by atoms with Gasteiger partial charge in [-0.05, 0) is 50.0 Å². The molecular weight excluding hydrogens is 851 g/mol. The number of aliphatic hydroxyl groups excluding tert-OH is 2. The number of hydrogen-bond acceptors (Lipinski definition) is 14. The minimum atomic E-state index is -5.11. The number of nitrogens with two attached hydrogens (primary N) is 2. The number of likely N-dealkylation sites (N-methyl/N-ethyl adjacent to an activating group) is 1. The first-order valence-corrected chi connectivity index (χ1v) is 21.9. The second-order valence-corrected chi connectivity index (χ2v) is 17.0. The number of aliphatic hydroxyl groups is 2. The molecule has 2 unspecified atom stereocenters. The topological polar surface area (TPSA) is 352 Å². The number of cyclic esters (lactones) is 1. The lowest BCUT2D eigenvalue weighted by Crippen LogP contribution is -2.66. The average molecular weight is 912 g/mol. The summed E-state index contributed by atoms with van der Waals surface area (Å²) in [6, 6.07) is -0.175. The highest BCUT2D eigenvalue weighted by Gasteiger charge is 2.47. The summed E-state index contributed by atoms with van der Waals surface area (Å²) in [6.45, 7) is 6.51. The van der Waals surface area contributed by atoms with Gasteiger partial charge in [-0.2, -0.15) is 8.42 Å². The summed E-state index contributed by atoms with van der Waals surface area (Å²) in [6.07, 6.45) is -5.41. The highest BCUT2D eigenvalue weighted by Crippen LogP contribution is 2.28. The van der Waals surface area contributed by atoms with Gasteiger partial charge >= 0.3 is 16.4 Å². The number of nitrogens with one attached hydrogen (secondary N) is 4. The molecule has 63 heavy (non-hydrogen) atoms. The normalized spacial score (nSPS) is 26.8. The number of aliphatic imine (C=N–C) groups is 1. The monoisotopic (exact) mass is 911 g/mol. The average Bonchev–Trinajstić information content (AvgIpc) is 3.21. The molecule has 2 saturated heterocycles. The van der Waals surface area contributed by atoms with Crippen molar-refractivity contribution < 1.29 is 65.7 Å². The van der Waals surface area contributed by atoms with E-state index in [1.165, 1.54) is 14.0 Å². The molecule has 3 rings (SSSR count). The summed E-state index contributed by atoms with van der Waals surface area (Å²) in [4.78, 5) is 105. The van der Waals surface area contributed by atoms with E-state index in [4.69, 9.17) is 20.8 Å². The molecule has 6 amide bonds. The van der Waals surface area contributed by atoms with Crippen molar-refractivity contribution in [2.75, 3.05) is 20.2 Å². The second kappa shape index (κ2) is 23.3. The van der Waals surface area contributed by atoms with E-state index in [1.54, 1.807) is 58.0 Å². The molecule has 11 N–H and O–H groups in total. The third kappa shape index (κ3) is 14.8. The molecule has 0 saturated carbocycles. The number of guanidine groups is 1. The maximum Gasteiger partial charge on any atom is 0.397 e. The fourth-order valence-electron chi connectivity index (χ4n) is 7.08. The quantitative estimate of drug-likeness (QED) is 0.0299. The molecule has 24 heteroatoms. The largest absolute Gasteiger partial charge is 0.458 e. The summed E-state index contributed by atoms with van der Waals surface area (Å²) in [5.41, 5.74) is 11.5. The number of nitrogens with zero attached hydrogens (tertiary/aromatic N) is 3. The van der Waals surface area contributed by atoms with Crippen LogP contribution < -0.4 is 32.7 Å². The number of ether oxygens (including phenoxy) is 1. The molecule has 2 bridgehead atoms. The Balaban J connectivity index is 2.22. The predicted molar refractivity (Wildman–Crippen MR) is 224 cm³/mol. The van der Waals surface area contributed by atoms with Crippen molar-refractivity contribution in [1.29, 1.82) is 0 Å². The van der Waals surface area contributed by atoms with Gasteiger partial charge in [0.15, 0.2) is 12.1 Å². The van der Waals surface area contributed by atoms with Gasteiger partial charge in [0.1, 0.15) is 55.2 Å². The molecule has 23 nitrogen and oxygen atoms in total. The second-order valence-electron chi connectivity index (χ2n) is 15.9. The minimum Gasteiger partial charge on any atom is -0.458 e. The molecule has 2 fully saturated rings. The standard InChI is InChI=1S/C39H61N9O14S/c1-7-21(4)31-37(56)47(6)26(18-23-12-9-8-10-13-23)33(52)45-29(20(2)3)38(57)62-22(5)30(46-34(53)27(49)19-61-63(58,59)60)35(54)43-24(14-11-17-42-39(40)41)32(51)44-25-15-16-28(50)48(31)36(25)55/h8-10,12-13,20-22,24-31,49-50H,7,11,14-19H2,1-6H3,(H,43,54)(H,44,51)(H,45,52)(H,46,53)(H4,40,41,42)(H,58,59,60)/t21-,22+,24+,25+,26+,27?,28-,29-,30+,31?/m1/s1. The molecule has 1 aromatic rings. The van der Waals surface area contributed by atoms with Gasteiger partial charge in [-0.3, -0.25) is 38.3 Å². The van der Waals surface area contributed by atoms with Gasteiger partial charge in [-0.15, -0.1) is 0 Å². The molecule has 0 aliphatic carbocycles. The third-order valence-electron chi connectivity index (χ3n) is 10.9. The zero-order chi connectivity index (χ0) is 47.3. The Morgan fingerprint density at radius 3 is 2.24 bits per heavy atom. The van der Waals surface area contributed by atoms with Crippen molar-refractivity contribution in [2.45, 2.75) is 128 Å². The molecule has 2 aliphatic rings. The smallest absolute Gasteiger partial charge is 0.397 e. The lowest BCUT2D eigenvalue weighted by Gasteiger charge is -2.44. The summed E-state index contributed by atoms with van der Waals surface area (Å²) in [5, 5.41) is 31.6. The highest BCUT2D eigenvalue weighted by molar-refractivity contribution is 7.80. The van der Waals surface area contributed by atoms with Crippen LogP contribution in [0.2, 0.25) is 0 Å². The van der Waals surface area contributed by atoms with Gasteiger partial charge in [0.05, 0.1) is 0 Å². The predicted octanol–water partition coefficient (Wildman–Crippen LogP) is -2.81. The summed E-state index contributed by atoms with van der Waals surface area (Å²) in [5.74, 6) is -8.48. The van der Waals surface area contributed by atoms with Crippen LogP contribution in [-0.4, -0.2) is 155 Å². The fourth-order valence-corrected chi connectivity index (χ4v) is 7.38. The van der Waals surface area contributed by atoms with Crippen molar-refractivity contribution in [3.8, 4) is 0 Å². The van der Waals surface area contributed by atoms with E-state index in [1.807, 2.05) is 0 Å². The van der Waals surface area contributed by atoms with E-state index in [-0.39, 0.29) is 44.6 Å². The minimum absolute atomic E-state index is 0.0156. The fraction of sp³-hybridized carbons (Fsp3) is 0.641. The summed E-state index contributed by atoms with van der Waals surface area (Å²) >= 11 is 0. The Morgan fingerprint density at radius 2 is 1.65 bits per heavy atom. The van der Waals surface area contributed by atoms with Crippen molar-refractivity contribution in [3.63, 3.8) is 0 Å². The molecular formula is C39H61N9O14S. The van der Waals surface area contributed by atoms with Gasteiger partial charge in [0, 0.05) is 20.0 Å². The maximum absolute atomic E-state index is 14.7. The number of piperidine rings is 1. The number of carbonyl (C=O) groups excluding carboxylic acids is 7. The van der Waals surface area contributed by atoms with Crippen molar-refractivity contribution in [3.05, 3.63) is 35.9 Å². The first-order valence-electron chi connectivity index (χ1n) is 20.5. The van der Waals surface area contributed by atoms with Crippen LogP contribution in [0.1, 0.15) is 72.3 Å². The first kappa shape index (κ1) is 51.9. The van der Waals surface area contributed by atoms with Gasteiger partial charge < -0.3 is 57.5 Å². The van der Waals surface area contributed by atoms with Gasteiger partial charge in [-0.1, -0.05) is 64.4 Å². The van der Waals surface area contributed by atoms with Crippen molar-refractivity contribution in [2.24, 2.45) is 28.3 Å². The molecule has 2 aliphatic heterocycles. The first-order chi connectivity index (χ1) is 29.5. The third-order valence-corrected chi connectivity index (χ3v) is 11.3. The number of rotatable bonds is 14. The van der Waals surface area contributed by atoms with E-state index in [2.05, 4.69) is 30.4 Å². The number of benzene rings is 1. The Bertz CT molecular complexity index is 1930. The lowest BCUT2D eigenvalue weighted by molar-refractivity contribution is -0.168. The van der Waals surface area contributed by atoms with E-state index >= 15 is 0 Å². The van der Waals surface area contributed by atoms with Crippen LogP contribution in [-0.2, 0) is 59.3 Å². The Kier molecular flexibility index (Phi) is 19.2. The van der Waals surface area contributed by atoms with Crippen LogP contribution in [0.25, 0.3) is 0 Å². The van der Waals surface area contributed by atoms with Gasteiger partial charge in [0.25, 0.3) is 5.91 Å². The van der Waals surface area contributed by atoms with Crippen LogP contribution >= 0.6 is 0 Å².